The molecular weight excluding hydrogens is 214 g/mol. The highest BCUT2D eigenvalue weighted by Gasteiger charge is 2.22. The van der Waals surface area contributed by atoms with Crippen LogP contribution in [-0.2, 0) is 0 Å². The second-order valence-corrected chi connectivity index (χ2v) is 4.29. The first-order valence-corrected chi connectivity index (χ1v) is 5.94. The Bertz CT molecular complexity index is 414. The third-order valence-corrected chi connectivity index (χ3v) is 3.09. The smallest absolute Gasteiger partial charge is 0.332 e. The van der Waals surface area contributed by atoms with Crippen LogP contribution in [0.15, 0.2) is 35.4 Å². The number of primary amides is 1. The van der Waals surface area contributed by atoms with Crippen LogP contribution < -0.4 is 11.2 Å². The molecule has 0 aliphatic heterocycles. The maximum atomic E-state index is 10.7. The lowest BCUT2D eigenvalue weighted by Crippen LogP contribution is -2.28. The molecule has 0 spiro atoms. The number of urea groups is 1. The summed E-state index contributed by atoms with van der Waals surface area (Å²) in [6.45, 7) is 0. The van der Waals surface area contributed by atoms with Crippen LogP contribution >= 0.6 is 0 Å². The van der Waals surface area contributed by atoms with Gasteiger partial charge in [-0.3, -0.25) is 0 Å². The van der Waals surface area contributed by atoms with E-state index in [1.54, 1.807) is 0 Å². The molecule has 1 aromatic carbocycles. The van der Waals surface area contributed by atoms with E-state index < -0.39 is 6.03 Å². The van der Waals surface area contributed by atoms with Gasteiger partial charge in [-0.1, -0.05) is 36.8 Å². The van der Waals surface area contributed by atoms with Gasteiger partial charge in [-0.15, -0.1) is 0 Å². The summed E-state index contributed by atoms with van der Waals surface area (Å²) in [6, 6.07) is 9.68. The number of hydrazone groups is 1. The molecule has 17 heavy (non-hydrogen) atoms. The highest BCUT2D eigenvalue weighted by molar-refractivity contribution is 5.92. The molecule has 3 N–H and O–H groups in total. The molecule has 1 aliphatic rings. The summed E-state index contributed by atoms with van der Waals surface area (Å²) in [4.78, 5) is 10.7. The number of nitrogens with zero attached hydrogens (tertiary/aromatic N) is 1. The zero-order valence-electron chi connectivity index (χ0n) is 9.73. The highest BCUT2D eigenvalue weighted by atomic mass is 16.2. The number of amides is 2. The molecule has 2 amide bonds. The first-order valence-electron chi connectivity index (χ1n) is 5.94. The van der Waals surface area contributed by atoms with Gasteiger partial charge in [-0.2, -0.15) is 5.10 Å². The van der Waals surface area contributed by atoms with E-state index in [0.29, 0.717) is 5.92 Å². The maximum absolute atomic E-state index is 10.7. The van der Waals surface area contributed by atoms with Crippen LogP contribution in [0.5, 0.6) is 0 Å². The number of hydrogen-bond donors (Lipinski definition) is 2. The molecule has 4 heteroatoms. The number of carbonyl (C=O) groups excluding carboxylic acids is 1. The lowest BCUT2D eigenvalue weighted by atomic mass is 9.82. The van der Waals surface area contributed by atoms with Gasteiger partial charge in [0, 0.05) is 11.6 Å². The zero-order valence-corrected chi connectivity index (χ0v) is 9.73. The average Bonchev–Trinajstić information content (AvgIpc) is 2.38. The molecule has 0 radical (unpaired) electrons. The van der Waals surface area contributed by atoms with Crippen molar-refractivity contribution in [2.24, 2.45) is 10.8 Å². The van der Waals surface area contributed by atoms with Gasteiger partial charge >= 0.3 is 6.03 Å². The summed E-state index contributed by atoms with van der Waals surface area (Å²) >= 11 is 0. The van der Waals surface area contributed by atoms with Gasteiger partial charge in [0.25, 0.3) is 0 Å². The average molecular weight is 231 g/mol. The standard InChI is InChI=1S/C13H17N3O/c14-13(17)16-15-12-9-5-4-8-11(12)10-6-2-1-3-7-10/h1-3,6-7,11H,4-5,8-9H2,(H3,14,16,17)/t11-/m1/s1. The minimum atomic E-state index is -0.602. The van der Waals surface area contributed by atoms with E-state index in [-0.39, 0.29) is 0 Å². The Labute approximate surface area is 101 Å². The minimum Gasteiger partial charge on any atom is -0.350 e. The van der Waals surface area contributed by atoms with Gasteiger partial charge in [0.05, 0.1) is 0 Å². The molecule has 0 bridgehead atoms. The van der Waals surface area contributed by atoms with Crippen molar-refractivity contribution in [3.63, 3.8) is 0 Å². The van der Waals surface area contributed by atoms with Gasteiger partial charge in [0.15, 0.2) is 0 Å². The lowest BCUT2D eigenvalue weighted by Gasteiger charge is -2.24. The summed E-state index contributed by atoms with van der Waals surface area (Å²) in [5.41, 5.74) is 9.67. The first kappa shape index (κ1) is 11.6. The van der Waals surface area contributed by atoms with Gasteiger partial charge in [0.2, 0.25) is 0 Å². The Morgan fingerprint density at radius 3 is 2.76 bits per heavy atom. The molecule has 1 saturated carbocycles. The van der Waals surface area contributed by atoms with E-state index in [1.165, 1.54) is 12.0 Å². The van der Waals surface area contributed by atoms with Crippen molar-refractivity contribution >= 4 is 11.7 Å². The molecule has 0 saturated heterocycles. The lowest BCUT2D eigenvalue weighted by molar-refractivity contribution is 0.249. The molecule has 1 aromatic rings. The Morgan fingerprint density at radius 1 is 1.29 bits per heavy atom. The molecule has 4 nitrogen and oxygen atoms in total. The van der Waals surface area contributed by atoms with Crippen molar-refractivity contribution < 1.29 is 4.79 Å². The molecule has 0 heterocycles. The Morgan fingerprint density at radius 2 is 2.06 bits per heavy atom. The third-order valence-electron chi connectivity index (χ3n) is 3.09. The van der Waals surface area contributed by atoms with E-state index in [4.69, 9.17) is 5.73 Å². The van der Waals surface area contributed by atoms with Crippen molar-refractivity contribution in [1.82, 2.24) is 5.43 Å². The summed E-state index contributed by atoms with van der Waals surface area (Å²) < 4.78 is 0. The van der Waals surface area contributed by atoms with Crippen molar-refractivity contribution in [3.05, 3.63) is 35.9 Å². The van der Waals surface area contributed by atoms with Crippen LogP contribution in [0.2, 0.25) is 0 Å². The number of carbonyl (C=O) groups is 1. The van der Waals surface area contributed by atoms with Gasteiger partial charge in [0.1, 0.15) is 0 Å². The maximum Gasteiger partial charge on any atom is 0.332 e. The van der Waals surface area contributed by atoms with Crippen LogP contribution in [0.25, 0.3) is 0 Å². The van der Waals surface area contributed by atoms with E-state index in [2.05, 4.69) is 22.7 Å². The van der Waals surface area contributed by atoms with E-state index >= 15 is 0 Å². The second kappa shape index (κ2) is 5.48. The summed E-state index contributed by atoms with van der Waals surface area (Å²) in [5.74, 6) is 0.316. The summed E-state index contributed by atoms with van der Waals surface area (Å²) in [5, 5.41) is 4.13. The van der Waals surface area contributed by atoms with Crippen LogP contribution in [0, 0.1) is 0 Å². The quantitative estimate of drug-likeness (QED) is 0.754. The molecular formula is C13H17N3O. The van der Waals surface area contributed by atoms with Crippen LogP contribution in [0.3, 0.4) is 0 Å². The Balaban J connectivity index is 2.18. The molecule has 2 rings (SSSR count). The van der Waals surface area contributed by atoms with E-state index in [9.17, 15) is 4.79 Å². The molecule has 1 fully saturated rings. The number of benzene rings is 1. The SMILES string of the molecule is NC(=O)NN=C1CCCC[C@@H]1c1ccccc1. The summed E-state index contributed by atoms with van der Waals surface area (Å²) in [7, 11) is 0. The molecule has 1 aliphatic carbocycles. The number of nitrogens with one attached hydrogen (secondary N) is 1. The van der Waals surface area contributed by atoms with Gasteiger partial charge < -0.3 is 5.73 Å². The third kappa shape index (κ3) is 3.06. The zero-order chi connectivity index (χ0) is 12.1. The molecule has 0 unspecified atom stereocenters. The fourth-order valence-corrected chi connectivity index (χ4v) is 2.30. The minimum absolute atomic E-state index is 0.316. The van der Waals surface area contributed by atoms with Crippen LogP contribution in [0.4, 0.5) is 4.79 Å². The Kier molecular flexibility index (Phi) is 3.75. The largest absolute Gasteiger partial charge is 0.350 e. The topological polar surface area (TPSA) is 67.5 Å². The molecule has 0 aromatic heterocycles. The van der Waals surface area contributed by atoms with Crippen molar-refractivity contribution in [3.8, 4) is 0 Å². The summed E-state index contributed by atoms with van der Waals surface area (Å²) in [6.07, 6.45) is 4.35. The fraction of sp³-hybridized carbons (Fsp3) is 0.385. The highest BCUT2D eigenvalue weighted by Crippen LogP contribution is 2.30. The van der Waals surface area contributed by atoms with Crippen LogP contribution in [0.1, 0.15) is 37.2 Å². The molecule has 1 atom stereocenters. The first-order chi connectivity index (χ1) is 8.27. The Hall–Kier alpha value is -1.84. The number of nitrogens with two attached hydrogens (primary N) is 1. The van der Waals surface area contributed by atoms with Crippen LogP contribution in [-0.4, -0.2) is 11.7 Å². The predicted molar refractivity (Wildman–Crippen MR) is 67.8 cm³/mol. The van der Waals surface area contributed by atoms with Crippen molar-refractivity contribution in [2.45, 2.75) is 31.6 Å². The van der Waals surface area contributed by atoms with E-state index in [1.807, 2.05) is 18.2 Å². The van der Waals surface area contributed by atoms with E-state index in [0.717, 1.165) is 25.0 Å². The van der Waals surface area contributed by atoms with Gasteiger partial charge in [-0.05, 0) is 24.8 Å². The van der Waals surface area contributed by atoms with Gasteiger partial charge in [-0.25, -0.2) is 10.2 Å². The van der Waals surface area contributed by atoms with Crippen molar-refractivity contribution in [2.75, 3.05) is 0 Å². The number of hydrogen-bond acceptors (Lipinski definition) is 2. The van der Waals surface area contributed by atoms with Crippen molar-refractivity contribution in [1.29, 1.82) is 0 Å². The monoisotopic (exact) mass is 231 g/mol. The predicted octanol–water partition coefficient (Wildman–Crippen LogP) is 2.37. The molecule has 90 valence electrons. The second-order valence-electron chi connectivity index (χ2n) is 4.29. The normalized spacial score (nSPS) is 22.4. The number of rotatable bonds is 2. The fourth-order valence-electron chi connectivity index (χ4n) is 2.30.